The molecule has 1 saturated heterocycles. The third kappa shape index (κ3) is 4.84. The standard InChI is InChI=1S/C19H19BrFN5O3.C2H6/c1-19(2,28-10-27)18-24-16(25-29-18)11-3-5-26(6-4-11)17-13-7-12(21)8-14(20)15(13)22-9-23-17;1-2/h7-11H,3-6H2,1-2H3;1-2H3. The zero-order valence-corrected chi connectivity index (χ0v) is 19.5. The second-order valence-electron chi connectivity index (χ2n) is 7.42. The van der Waals surface area contributed by atoms with Crippen LogP contribution in [0.5, 0.6) is 0 Å². The van der Waals surface area contributed by atoms with Crippen molar-refractivity contribution >= 4 is 39.1 Å². The summed E-state index contributed by atoms with van der Waals surface area (Å²) in [6.07, 6.45) is 3.07. The Morgan fingerprint density at radius 3 is 2.65 bits per heavy atom. The van der Waals surface area contributed by atoms with Crippen molar-refractivity contribution in [1.82, 2.24) is 20.1 Å². The fourth-order valence-corrected chi connectivity index (χ4v) is 4.03. The Balaban J connectivity index is 0.00000132. The van der Waals surface area contributed by atoms with Crippen LogP contribution in [0.3, 0.4) is 0 Å². The van der Waals surface area contributed by atoms with Crippen LogP contribution in [0, 0.1) is 5.82 Å². The van der Waals surface area contributed by atoms with Crippen LogP contribution in [0.1, 0.15) is 58.2 Å². The highest BCUT2D eigenvalue weighted by atomic mass is 79.9. The molecule has 2 aromatic heterocycles. The summed E-state index contributed by atoms with van der Waals surface area (Å²) in [5.41, 5.74) is -0.288. The molecule has 3 heterocycles. The number of ether oxygens (including phenoxy) is 1. The fraction of sp³-hybridized carbons (Fsp3) is 0.476. The van der Waals surface area contributed by atoms with Crippen molar-refractivity contribution in [1.29, 1.82) is 0 Å². The predicted molar refractivity (Wildman–Crippen MR) is 117 cm³/mol. The van der Waals surface area contributed by atoms with E-state index >= 15 is 0 Å². The molecule has 0 spiro atoms. The molecular formula is C21H25BrFN5O3. The molecule has 0 unspecified atom stereocenters. The number of nitrogens with zero attached hydrogens (tertiary/aromatic N) is 5. The van der Waals surface area contributed by atoms with E-state index in [1.165, 1.54) is 18.5 Å². The molecule has 31 heavy (non-hydrogen) atoms. The molecule has 1 aliphatic rings. The molecule has 0 amide bonds. The molecule has 1 aliphatic heterocycles. The van der Waals surface area contributed by atoms with Crippen LogP contribution in [-0.4, -0.2) is 39.7 Å². The Kier molecular flexibility index (Phi) is 7.19. The summed E-state index contributed by atoms with van der Waals surface area (Å²) >= 11 is 3.37. The minimum absolute atomic E-state index is 0.118. The second-order valence-corrected chi connectivity index (χ2v) is 8.28. The van der Waals surface area contributed by atoms with Crippen LogP contribution in [0.4, 0.5) is 10.2 Å². The maximum Gasteiger partial charge on any atom is 0.294 e. The van der Waals surface area contributed by atoms with E-state index in [1.54, 1.807) is 13.8 Å². The Hall–Kier alpha value is -2.62. The minimum atomic E-state index is -0.967. The first kappa shape index (κ1) is 23.1. The largest absolute Gasteiger partial charge is 0.452 e. The number of aromatic nitrogens is 4. The average Bonchev–Trinajstić information content (AvgIpc) is 3.26. The molecule has 0 N–H and O–H groups in total. The molecule has 0 atom stereocenters. The summed E-state index contributed by atoms with van der Waals surface area (Å²) in [5.74, 6) is 1.36. The third-order valence-electron chi connectivity index (χ3n) is 5.10. The quantitative estimate of drug-likeness (QED) is 0.470. The molecule has 0 bridgehead atoms. The number of benzene rings is 1. The molecule has 0 radical (unpaired) electrons. The van der Waals surface area contributed by atoms with Gasteiger partial charge in [-0.05, 0) is 54.8 Å². The first-order chi connectivity index (χ1) is 14.9. The van der Waals surface area contributed by atoms with Gasteiger partial charge in [-0.25, -0.2) is 14.4 Å². The van der Waals surface area contributed by atoms with Crippen molar-refractivity contribution in [3.8, 4) is 0 Å². The lowest BCUT2D eigenvalue weighted by Gasteiger charge is -2.32. The minimum Gasteiger partial charge on any atom is -0.452 e. The molecule has 10 heteroatoms. The molecule has 1 fully saturated rings. The highest BCUT2D eigenvalue weighted by molar-refractivity contribution is 9.10. The predicted octanol–water partition coefficient (Wildman–Crippen LogP) is 4.73. The molecule has 166 valence electrons. The number of fused-ring (bicyclic) bond motifs is 1. The first-order valence-electron chi connectivity index (χ1n) is 10.2. The van der Waals surface area contributed by atoms with Crippen molar-refractivity contribution in [2.24, 2.45) is 0 Å². The Morgan fingerprint density at radius 2 is 1.97 bits per heavy atom. The van der Waals surface area contributed by atoms with Crippen molar-refractivity contribution in [3.63, 3.8) is 0 Å². The number of hydrogen-bond acceptors (Lipinski definition) is 8. The van der Waals surface area contributed by atoms with E-state index in [2.05, 4.69) is 40.9 Å². The summed E-state index contributed by atoms with van der Waals surface area (Å²) in [4.78, 5) is 25.9. The number of halogens is 2. The van der Waals surface area contributed by atoms with Crippen LogP contribution in [0.25, 0.3) is 10.9 Å². The maximum absolute atomic E-state index is 13.9. The lowest BCUT2D eigenvalue weighted by molar-refractivity contribution is -0.143. The summed E-state index contributed by atoms with van der Waals surface area (Å²) in [6.45, 7) is 9.18. The number of rotatable bonds is 5. The Morgan fingerprint density at radius 1 is 1.26 bits per heavy atom. The van der Waals surface area contributed by atoms with Crippen molar-refractivity contribution in [3.05, 3.63) is 40.5 Å². The molecular weight excluding hydrogens is 469 g/mol. The van der Waals surface area contributed by atoms with E-state index in [1.807, 2.05) is 13.8 Å². The van der Waals surface area contributed by atoms with E-state index in [0.717, 1.165) is 12.8 Å². The highest BCUT2D eigenvalue weighted by Gasteiger charge is 2.32. The zero-order chi connectivity index (χ0) is 22.6. The monoisotopic (exact) mass is 493 g/mol. The van der Waals surface area contributed by atoms with Gasteiger partial charge in [0.15, 0.2) is 11.4 Å². The van der Waals surface area contributed by atoms with Gasteiger partial charge in [0, 0.05) is 28.9 Å². The van der Waals surface area contributed by atoms with Gasteiger partial charge in [-0.2, -0.15) is 4.98 Å². The van der Waals surface area contributed by atoms with E-state index in [9.17, 15) is 9.18 Å². The van der Waals surface area contributed by atoms with Crippen molar-refractivity contribution in [2.45, 2.75) is 52.1 Å². The van der Waals surface area contributed by atoms with Gasteiger partial charge in [-0.15, -0.1) is 0 Å². The topological polar surface area (TPSA) is 94.2 Å². The number of hydrogen-bond donors (Lipinski definition) is 0. The first-order valence-corrected chi connectivity index (χ1v) is 11.0. The molecule has 0 saturated carbocycles. The van der Waals surface area contributed by atoms with Gasteiger partial charge in [0.1, 0.15) is 18.0 Å². The van der Waals surface area contributed by atoms with Gasteiger partial charge in [0.05, 0.1) is 5.52 Å². The smallest absolute Gasteiger partial charge is 0.294 e. The molecule has 3 aromatic rings. The molecule has 4 rings (SSSR count). The number of anilines is 1. The molecule has 0 aliphatic carbocycles. The molecule has 1 aromatic carbocycles. The van der Waals surface area contributed by atoms with Gasteiger partial charge in [0.2, 0.25) is 0 Å². The van der Waals surface area contributed by atoms with Gasteiger partial charge in [-0.1, -0.05) is 19.0 Å². The maximum atomic E-state index is 13.9. The average molecular weight is 494 g/mol. The van der Waals surface area contributed by atoms with Gasteiger partial charge in [-0.3, -0.25) is 4.79 Å². The Labute approximate surface area is 188 Å². The lowest BCUT2D eigenvalue weighted by atomic mass is 9.96. The number of carbonyl (C=O) groups excluding carboxylic acids is 1. The second kappa shape index (κ2) is 9.67. The van der Waals surface area contributed by atoms with E-state index in [-0.39, 0.29) is 17.6 Å². The van der Waals surface area contributed by atoms with Crippen LogP contribution in [0.15, 0.2) is 27.5 Å². The number of carbonyl (C=O) groups is 1. The van der Waals surface area contributed by atoms with Crippen LogP contribution in [0.2, 0.25) is 0 Å². The van der Waals surface area contributed by atoms with E-state index < -0.39 is 5.60 Å². The van der Waals surface area contributed by atoms with Crippen molar-refractivity contribution in [2.75, 3.05) is 18.0 Å². The Bertz CT molecular complexity index is 1050. The van der Waals surface area contributed by atoms with Crippen molar-refractivity contribution < 1.29 is 18.4 Å². The summed E-state index contributed by atoms with van der Waals surface area (Å²) < 4.78 is 24.8. The zero-order valence-electron chi connectivity index (χ0n) is 17.9. The van der Waals surface area contributed by atoms with Gasteiger partial charge in [0.25, 0.3) is 12.4 Å². The summed E-state index contributed by atoms with van der Waals surface area (Å²) in [6, 6.07) is 2.86. The van der Waals surface area contributed by atoms with Crippen LogP contribution < -0.4 is 4.90 Å². The SMILES string of the molecule is CC.CC(C)(OC=O)c1nc(C2CCN(c3ncnc4c(Br)cc(F)cc34)CC2)no1. The summed E-state index contributed by atoms with van der Waals surface area (Å²) in [7, 11) is 0. The lowest BCUT2D eigenvalue weighted by Crippen LogP contribution is -2.34. The number of piperidine rings is 1. The van der Waals surface area contributed by atoms with Gasteiger partial charge >= 0.3 is 0 Å². The molecule has 8 nitrogen and oxygen atoms in total. The normalized spacial score (nSPS) is 14.8. The van der Waals surface area contributed by atoms with Crippen LogP contribution in [-0.2, 0) is 15.1 Å². The van der Waals surface area contributed by atoms with Crippen LogP contribution >= 0.6 is 15.9 Å². The van der Waals surface area contributed by atoms with E-state index in [4.69, 9.17) is 9.26 Å². The summed E-state index contributed by atoms with van der Waals surface area (Å²) in [5, 5.41) is 4.75. The fourth-order valence-electron chi connectivity index (χ4n) is 3.50. The van der Waals surface area contributed by atoms with E-state index in [0.29, 0.717) is 46.6 Å². The highest BCUT2D eigenvalue weighted by Crippen LogP contribution is 2.34. The van der Waals surface area contributed by atoms with Gasteiger partial charge < -0.3 is 14.2 Å². The third-order valence-corrected chi connectivity index (χ3v) is 5.70.